The minimum atomic E-state index is -3.58. The van der Waals surface area contributed by atoms with Crippen LogP contribution < -0.4 is 10.1 Å². The zero-order valence-corrected chi connectivity index (χ0v) is 21.1. The highest BCUT2D eigenvalue weighted by atomic mass is 32.2. The van der Waals surface area contributed by atoms with Crippen LogP contribution in [0.3, 0.4) is 0 Å². The average molecular weight is 500 g/mol. The number of amides is 1. The van der Waals surface area contributed by atoms with Crippen molar-refractivity contribution in [2.45, 2.75) is 32.0 Å². The first kappa shape index (κ1) is 25.1. The molecule has 9 nitrogen and oxygen atoms in total. The van der Waals surface area contributed by atoms with Gasteiger partial charge >= 0.3 is 0 Å². The first-order valence-electron chi connectivity index (χ1n) is 10.4. The monoisotopic (exact) mass is 499 g/mol. The summed E-state index contributed by atoms with van der Waals surface area (Å²) in [5.41, 5.74) is 3.26. The maximum atomic E-state index is 12.7. The van der Waals surface area contributed by atoms with E-state index < -0.39 is 15.7 Å². The molecule has 0 bridgehead atoms. The SMILES string of the molecule is COc1ccc(-n2c(C)cc(/C=C(/C#N)C(=O)Nc3nnc(S(=O)(=O)CC(C)C)s3)c2C)cc1. The lowest BCUT2D eigenvalue weighted by Crippen LogP contribution is -2.13. The van der Waals surface area contributed by atoms with Crippen LogP contribution in [0.4, 0.5) is 5.13 Å². The second-order valence-corrected chi connectivity index (χ2v) is 11.2. The van der Waals surface area contributed by atoms with E-state index in [1.165, 1.54) is 6.08 Å². The van der Waals surface area contributed by atoms with E-state index in [1.54, 1.807) is 21.0 Å². The summed E-state index contributed by atoms with van der Waals surface area (Å²) in [6, 6.07) is 11.3. The summed E-state index contributed by atoms with van der Waals surface area (Å²) < 4.78 is 31.7. The number of carbonyl (C=O) groups excluding carboxylic acids is 1. The fourth-order valence-corrected chi connectivity index (χ4v) is 6.03. The number of carbonyl (C=O) groups is 1. The molecule has 0 saturated carbocycles. The molecule has 0 aliphatic carbocycles. The summed E-state index contributed by atoms with van der Waals surface area (Å²) in [7, 11) is -1.98. The maximum Gasteiger partial charge on any atom is 0.268 e. The standard InChI is InChI=1S/C23H25N5O4S2/c1-14(2)13-34(30,31)23-27-26-22(33-23)25-21(29)18(12-24)11-17-10-15(3)28(16(17)4)19-6-8-20(32-5)9-7-19/h6-11,14H,13H2,1-5H3,(H,25,26,29)/b18-11-. The number of rotatable bonds is 8. The Bertz CT molecular complexity index is 1380. The Morgan fingerprint density at radius 2 is 1.94 bits per heavy atom. The van der Waals surface area contributed by atoms with Crippen molar-refractivity contribution >= 4 is 38.3 Å². The third-order valence-electron chi connectivity index (χ3n) is 4.91. The minimum absolute atomic E-state index is 0.0113. The molecule has 0 fully saturated rings. The molecule has 1 N–H and O–H groups in total. The molecular formula is C23H25N5O4S2. The number of hydrogen-bond acceptors (Lipinski definition) is 8. The van der Waals surface area contributed by atoms with Crippen LogP contribution in [0.25, 0.3) is 11.8 Å². The Morgan fingerprint density at radius 3 is 2.53 bits per heavy atom. The predicted molar refractivity (Wildman–Crippen MR) is 131 cm³/mol. The van der Waals surface area contributed by atoms with Gasteiger partial charge in [-0.15, -0.1) is 10.2 Å². The molecule has 1 amide bonds. The van der Waals surface area contributed by atoms with Crippen LogP contribution in [-0.4, -0.2) is 42.0 Å². The van der Waals surface area contributed by atoms with E-state index in [2.05, 4.69) is 15.5 Å². The van der Waals surface area contributed by atoms with E-state index in [0.717, 1.165) is 34.2 Å². The number of ether oxygens (including phenoxy) is 1. The Labute approximate surface area is 202 Å². The number of aryl methyl sites for hydroxylation is 1. The van der Waals surface area contributed by atoms with Crippen molar-refractivity contribution in [1.82, 2.24) is 14.8 Å². The topological polar surface area (TPSA) is 127 Å². The Balaban J connectivity index is 1.84. The van der Waals surface area contributed by atoms with Gasteiger partial charge in [0.2, 0.25) is 19.3 Å². The van der Waals surface area contributed by atoms with E-state index in [0.29, 0.717) is 5.56 Å². The zero-order valence-electron chi connectivity index (χ0n) is 19.5. The fourth-order valence-electron chi connectivity index (χ4n) is 3.43. The van der Waals surface area contributed by atoms with Gasteiger partial charge in [0, 0.05) is 17.1 Å². The van der Waals surface area contributed by atoms with Crippen molar-refractivity contribution in [2.24, 2.45) is 5.92 Å². The Morgan fingerprint density at radius 1 is 1.26 bits per heavy atom. The molecule has 3 aromatic rings. The number of aromatic nitrogens is 3. The second kappa shape index (κ2) is 10.2. The lowest BCUT2D eigenvalue weighted by molar-refractivity contribution is -0.112. The van der Waals surface area contributed by atoms with Crippen LogP contribution in [0.1, 0.15) is 30.8 Å². The summed E-state index contributed by atoms with van der Waals surface area (Å²) in [4.78, 5) is 12.7. The highest BCUT2D eigenvalue weighted by Gasteiger charge is 2.23. The molecule has 11 heteroatoms. The highest BCUT2D eigenvalue weighted by Crippen LogP contribution is 2.26. The summed E-state index contributed by atoms with van der Waals surface area (Å²) in [5.74, 6) is -0.0905. The van der Waals surface area contributed by atoms with Gasteiger partial charge in [0.15, 0.2) is 0 Å². The zero-order chi connectivity index (χ0) is 25.0. The van der Waals surface area contributed by atoms with Gasteiger partial charge in [-0.3, -0.25) is 10.1 Å². The van der Waals surface area contributed by atoms with Gasteiger partial charge in [0.25, 0.3) is 5.91 Å². The van der Waals surface area contributed by atoms with Crippen molar-refractivity contribution in [3.05, 3.63) is 52.9 Å². The first-order valence-corrected chi connectivity index (χ1v) is 12.9. The molecule has 2 aromatic heterocycles. The van der Waals surface area contributed by atoms with Gasteiger partial charge < -0.3 is 9.30 Å². The number of nitriles is 1. The van der Waals surface area contributed by atoms with E-state index in [4.69, 9.17) is 4.74 Å². The number of anilines is 1. The van der Waals surface area contributed by atoms with Gasteiger partial charge in [-0.25, -0.2) is 8.42 Å². The third kappa shape index (κ3) is 5.52. The molecule has 1 aromatic carbocycles. The van der Waals surface area contributed by atoms with Crippen molar-refractivity contribution in [3.8, 4) is 17.5 Å². The number of nitrogens with zero attached hydrogens (tertiary/aromatic N) is 4. The van der Waals surface area contributed by atoms with E-state index >= 15 is 0 Å². The molecule has 34 heavy (non-hydrogen) atoms. The van der Waals surface area contributed by atoms with Crippen LogP contribution in [0.5, 0.6) is 5.75 Å². The summed E-state index contributed by atoms with van der Waals surface area (Å²) in [5, 5.41) is 19.5. The molecule has 178 valence electrons. The lowest BCUT2D eigenvalue weighted by atomic mass is 10.1. The van der Waals surface area contributed by atoms with Gasteiger partial charge in [-0.05, 0) is 61.7 Å². The number of hydrogen-bond donors (Lipinski definition) is 1. The van der Waals surface area contributed by atoms with Crippen LogP contribution in [-0.2, 0) is 14.6 Å². The van der Waals surface area contributed by atoms with Crippen molar-refractivity contribution in [1.29, 1.82) is 5.26 Å². The van der Waals surface area contributed by atoms with Crippen molar-refractivity contribution in [2.75, 3.05) is 18.2 Å². The molecule has 0 aliphatic rings. The average Bonchev–Trinajstić information content (AvgIpc) is 3.35. The fraction of sp³-hybridized carbons (Fsp3) is 0.304. The molecule has 3 rings (SSSR count). The number of benzene rings is 1. The Hall–Kier alpha value is -3.49. The molecule has 0 spiro atoms. The van der Waals surface area contributed by atoms with Gasteiger partial charge in [-0.1, -0.05) is 25.2 Å². The molecule has 0 atom stereocenters. The minimum Gasteiger partial charge on any atom is -0.497 e. The third-order valence-corrected chi connectivity index (χ3v) is 8.28. The molecule has 0 saturated heterocycles. The maximum absolute atomic E-state index is 12.7. The van der Waals surface area contributed by atoms with Gasteiger partial charge in [0.1, 0.15) is 17.4 Å². The van der Waals surface area contributed by atoms with Crippen LogP contribution in [0, 0.1) is 31.1 Å². The number of methoxy groups -OCH3 is 1. The summed E-state index contributed by atoms with van der Waals surface area (Å²) >= 11 is 0.761. The first-order chi connectivity index (χ1) is 16.1. The van der Waals surface area contributed by atoms with Crippen molar-refractivity contribution in [3.63, 3.8) is 0 Å². The summed E-state index contributed by atoms with van der Waals surface area (Å²) in [6.45, 7) is 7.40. The molecule has 0 unspecified atom stereocenters. The quantitative estimate of drug-likeness (QED) is 0.283. The van der Waals surface area contributed by atoms with Crippen LogP contribution in [0.15, 0.2) is 40.2 Å². The molecule has 0 radical (unpaired) electrons. The molecular weight excluding hydrogens is 474 g/mol. The smallest absolute Gasteiger partial charge is 0.268 e. The lowest BCUT2D eigenvalue weighted by Gasteiger charge is -2.10. The second-order valence-electron chi connectivity index (χ2n) is 8.03. The van der Waals surface area contributed by atoms with E-state index in [-0.39, 0.29) is 26.7 Å². The molecule has 2 heterocycles. The Kier molecular flexibility index (Phi) is 7.54. The normalized spacial score (nSPS) is 12.0. The highest BCUT2D eigenvalue weighted by molar-refractivity contribution is 7.93. The van der Waals surface area contributed by atoms with E-state index in [1.807, 2.05) is 54.8 Å². The van der Waals surface area contributed by atoms with Gasteiger partial charge in [0.05, 0.1) is 12.9 Å². The molecule has 0 aliphatic heterocycles. The predicted octanol–water partition coefficient (Wildman–Crippen LogP) is 3.93. The van der Waals surface area contributed by atoms with Crippen LogP contribution >= 0.6 is 11.3 Å². The van der Waals surface area contributed by atoms with Crippen LogP contribution in [0.2, 0.25) is 0 Å². The number of sulfone groups is 1. The van der Waals surface area contributed by atoms with Gasteiger partial charge in [-0.2, -0.15) is 5.26 Å². The summed E-state index contributed by atoms with van der Waals surface area (Å²) in [6.07, 6.45) is 1.50. The largest absolute Gasteiger partial charge is 0.497 e. The van der Waals surface area contributed by atoms with Crippen molar-refractivity contribution < 1.29 is 17.9 Å². The number of nitrogens with one attached hydrogen (secondary N) is 1. The van der Waals surface area contributed by atoms with E-state index in [9.17, 15) is 18.5 Å².